The number of quaternary nitrogens is 3. The van der Waals surface area contributed by atoms with Gasteiger partial charge in [0, 0.05) is 24.8 Å². The maximum atomic E-state index is 10.1. The standard InChI is InChI=1S/3C12H11N.C6H8O7/c3*1-3-7-11(8-4-1)13-12-9-5-2-6-10-12;7-3(8)1-6(13,5(11)12)2-4(9)10/h3*1-10,13H;13H,1-2H2,(H,7,8)(H,9,10)(H,11,12). The van der Waals surface area contributed by atoms with Crippen LogP contribution in [0.3, 0.4) is 0 Å². The molecule has 0 aliphatic heterocycles. The Kier molecular flexibility index (Phi) is 17.2. The number of aliphatic carboxylic acids is 3. The first-order valence-electron chi connectivity index (χ1n) is 16.3. The van der Waals surface area contributed by atoms with Crippen LogP contribution in [0.2, 0.25) is 0 Å². The van der Waals surface area contributed by atoms with Crippen LogP contribution in [0.1, 0.15) is 12.8 Å². The van der Waals surface area contributed by atoms with Crippen molar-refractivity contribution >= 4 is 52.0 Å². The van der Waals surface area contributed by atoms with Gasteiger partial charge in [-0.25, -0.2) is 0 Å². The number of hydrogen-bond acceptors (Lipinski definition) is 7. The molecule has 10 nitrogen and oxygen atoms in total. The molecular weight excluding hydrogens is 658 g/mol. The molecule has 0 aromatic heterocycles. The van der Waals surface area contributed by atoms with E-state index in [-0.39, 0.29) is 0 Å². The van der Waals surface area contributed by atoms with E-state index in [9.17, 15) is 29.7 Å². The second kappa shape index (κ2) is 22.3. The molecule has 0 saturated carbocycles. The molecule has 0 aliphatic carbocycles. The van der Waals surface area contributed by atoms with E-state index in [1.165, 1.54) is 34.1 Å². The molecule has 0 amide bonds. The molecule has 0 atom stereocenters. The number of rotatable bonds is 11. The molecular formula is C42H41N3O7. The third kappa shape index (κ3) is 16.3. The fourth-order valence-corrected chi connectivity index (χ4v) is 4.56. The van der Waals surface area contributed by atoms with Crippen molar-refractivity contribution in [2.24, 2.45) is 0 Å². The van der Waals surface area contributed by atoms with Crippen molar-refractivity contribution in [3.63, 3.8) is 0 Å². The van der Waals surface area contributed by atoms with E-state index in [1.54, 1.807) is 0 Å². The molecule has 6 aromatic carbocycles. The summed E-state index contributed by atoms with van der Waals surface area (Å²) in [5.41, 5.74) is 4.49. The van der Waals surface area contributed by atoms with Gasteiger partial charge in [-0.15, -0.1) is 0 Å². The highest BCUT2D eigenvalue weighted by atomic mass is 16.4. The average molecular weight is 700 g/mol. The van der Waals surface area contributed by atoms with Crippen LogP contribution in [0, 0.1) is 0 Å². The van der Waals surface area contributed by atoms with Crippen LogP contribution in [-0.2, 0) is 14.4 Å². The fraction of sp³-hybridized carbons (Fsp3) is 0.0714. The van der Waals surface area contributed by atoms with Gasteiger partial charge in [-0.3, -0.25) is 16.0 Å². The monoisotopic (exact) mass is 699 g/mol. The van der Waals surface area contributed by atoms with Gasteiger partial charge in [0.05, 0.1) is 5.97 Å². The van der Waals surface area contributed by atoms with Crippen LogP contribution in [-0.4, -0.2) is 28.6 Å². The lowest BCUT2D eigenvalue weighted by Crippen LogP contribution is -2.70. The Bertz CT molecular complexity index is 1570. The molecule has 52 heavy (non-hydrogen) atoms. The van der Waals surface area contributed by atoms with E-state index >= 15 is 0 Å². The Hall–Kier alpha value is -6.43. The number of carboxylic acids is 3. The quantitative estimate of drug-likeness (QED) is 0.147. The predicted octanol–water partition coefficient (Wildman–Crippen LogP) is 1.39. The molecule has 10 heteroatoms. The van der Waals surface area contributed by atoms with Crippen LogP contribution < -0.4 is 31.3 Å². The lowest BCUT2D eigenvalue weighted by molar-refractivity contribution is -0.479. The van der Waals surface area contributed by atoms with E-state index in [0.717, 1.165) is 0 Å². The van der Waals surface area contributed by atoms with E-state index in [1.807, 2.05) is 36.4 Å². The summed E-state index contributed by atoms with van der Waals surface area (Å²) in [5.74, 6) is -5.98. The van der Waals surface area contributed by atoms with Crippen molar-refractivity contribution < 1.29 is 50.8 Å². The zero-order valence-corrected chi connectivity index (χ0v) is 28.4. The largest absolute Gasteiger partial charge is 0.550 e. The molecule has 0 aliphatic rings. The van der Waals surface area contributed by atoms with Crippen molar-refractivity contribution in [3.05, 3.63) is 182 Å². The van der Waals surface area contributed by atoms with Gasteiger partial charge in [-0.05, 0) is 72.8 Å². The summed E-state index contributed by atoms with van der Waals surface area (Å²) in [7, 11) is 0. The van der Waals surface area contributed by atoms with E-state index < -0.39 is 36.4 Å². The molecule has 7 N–H and O–H groups in total. The van der Waals surface area contributed by atoms with Crippen LogP contribution in [0.4, 0.5) is 34.1 Å². The number of hydrogen-bond donors (Lipinski definition) is 4. The highest BCUT2D eigenvalue weighted by Gasteiger charge is 2.29. The first-order valence-corrected chi connectivity index (χ1v) is 16.3. The van der Waals surface area contributed by atoms with E-state index in [4.69, 9.17) is 5.11 Å². The zero-order chi connectivity index (χ0) is 37.4. The van der Waals surface area contributed by atoms with Crippen LogP contribution in [0.25, 0.3) is 0 Å². The summed E-state index contributed by atoms with van der Waals surface area (Å²) in [4.78, 5) is 30.0. The average Bonchev–Trinajstić information content (AvgIpc) is 3.14. The van der Waals surface area contributed by atoms with Crippen molar-refractivity contribution in [1.82, 2.24) is 0 Å². The van der Waals surface area contributed by atoms with Crippen molar-refractivity contribution in [2.75, 3.05) is 0 Å². The lowest BCUT2D eigenvalue weighted by Gasteiger charge is -2.29. The predicted molar refractivity (Wildman–Crippen MR) is 192 cm³/mol. The molecule has 0 radical (unpaired) electrons. The summed E-state index contributed by atoms with van der Waals surface area (Å²) in [6, 6.07) is 62.0. The van der Waals surface area contributed by atoms with Gasteiger partial charge in [0.25, 0.3) is 0 Å². The van der Waals surface area contributed by atoms with Gasteiger partial charge in [-0.2, -0.15) is 0 Å². The zero-order valence-electron chi connectivity index (χ0n) is 28.4. The minimum atomic E-state index is -2.97. The van der Waals surface area contributed by atoms with Gasteiger partial charge in [0.15, 0.2) is 0 Å². The summed E-state index contributed by atoms with van der Waals surface area (Å²) >= 11 is 0. The topological polar surface area (TPSA) is 190 Å². The second-order valence-electron chi connectivity index (χ2n) is 11.3. The fourth-order valence-electron chi connectivity index (χ4n) is 4.56. The third-order valence-electron chi connectivity index (χ3n) is 7.05. The lowest BCUT2D eigenvalue weighted by atomic mass is 9.96. The van der Waals surface area contributed by atoms with Crippen LogP contribution >= 0.6 is 0 Å². The minimum absolute atomic E-state index is 1.24. The minimum Gasteiger partial charge on any atom is -0.550 e. The van der Waals surface area contributed by atoms with Gasteiger partial charge >= 0.3 is 0 Å². The van der Waals surface area contributed by atoms with Gasteiger partial charge in [0.1, 0.15) is 39.7 Å². The van der Waals surface area contributed by atoms with Crippen molar-refractivity contribution in [2.45, 2.75) is 18.4 Å². The molecule has 0 bridgehead atoms. The Labute approximate surface area is 302 Å². The number of para-hydroxylation sites is 6. The first-order chi connectivity index (χ1) is 25.1. The second-order valence-corrected chi connectivity index (χ2v) is 11.3. The van der Waals surface area contributed by atoms with E-state index in [2.05, 4.69) is 162 Å². The number of carbonyl (C=O) groups excluding carboxylic acids is 3. The van der Waals surface area contributed by atoms with Crippen LogP contribution in [0.5, 0.6) is 0 Å². The third-order valence-corrected chi connectivity index (χ3v) is 7.05. The Morgan fingerprint density at radius 3 is 0.692 bits per heavy atom. The molecule has 0 heterocycles. The number of nitrogens with two attached hydrogens (primary N) is 3. The molecule has 0 spiro atoms. The Balaban J connectivity index is 0.000000187. The van der Waals surface area contributed by atoms with Crippen molar-refractivity contribution in [1.29, 1.82) is 0 Å². The maximum absolute atomic E-state index is 10.1. The summed E-state index contributed by atoms with van der Waals surface area (Å²) in [6.07, 6.45) is -2.72. The first kappa shape index (κ1) is 40.0. The van der Waals surface area contributed by atoms with Gasteiger partial charge in [-0.1, -0.05) is 109 Å². The number of benzene rings is 6. The number of carbonyl (C=O) groups is 3. The van der Waals surface area contributed by atoms with Crippen molar-refractivity contribution in [3.8, 4) is 0 Å². The summed E-state index contributed by atoms with van der Waals surface area (Å²) in [6.45, 7) is 0. The van der Waals surface area contributed by atoms with Crippen LogP contribution in [0.15, 0.2) is 182 Å². The SMILES string of the molecule is O=C([O-])CC(O)(CC(=O)[O-])C(=O)[O-].c1ccc([NH2+]c2ccccc2)cc1.c1ccc([NH2+]c2ccccc2)cc1.c1ccc([NH2+]c2ccccc2)cc1. The smallest absolute Gasteiger partial charge is 0.134 e. The summed E-state index contributed by atoms with van der Waals surface area (Å²) in [5, 5.41) is 45.4. The van der Waals surface area contributed by atoms with Gasteiger partial charge < -0.3 is 34.8 Å². The molecule has 0 saturated heterocycles. The molecule has 0 unspecified atom stereocenters. The molecule has 6 rings (SSSR count). The highest BCUT2D eigenvalue weighted by Crippen LogP contribution is 2.13. The van der Waals surface area contributed by atoms with Gasteiger partial charge in [0.2, 0.25) is 0 Å². The Morgan fingerprint density at radius 1 is 0.385 bits per heavy atom. The number of carboxylic acid groups (broad SMARTS) is 3. The maximum Gasteiger partial charge on any atom is 0.134 e. The van der Waals surface area contributed by atoms with E-state index in [0.29, 0.717) is 0 Å². The molecule has 0 fully saturated rings. The molecule has 6 aromatic rings. The highest BCUT2D eigenvalue weighted by molar-refractivity contribution is 5.86. The number of aliphatic hydroxyl groups is 1. The normalized spacial score (nSPS) is 10.1. The Morgan fingerprint density at radius 2 is 0.558 bits per heavy atom. The summed E-state index contributed by atoms with van der Waals surface area (Å²) < 4.78 is 0. The molecule has 266 valence electrons.